The number of nitrogens with zero attached hydrogens (tertiary/aromatic N) is 1. The van der Waals surface area contributed by atoms with Crippen LogP contribution in [0.25, 0.3) is 0 Å². The standard InChI is InChI=1S/C12H9BrF3NO2/c13-4-1-5-17-9-3-2-7(12(14,15)16)6-8(9)10(18)11(17)19/h2-3,6H,1,4-5H2. The molecule has 0 aliphatic carbocycles. The Morgan fingerprint density at radius 2 is 1.89 bits per heavy atom. The Balaban J connectivity index is 2.41. The minimum atomic E-state index is -4.53. The van der Waals surface area contributed by atoms with Crippen molar-refractivity contribution >= 4 is 33.3 Å². The molecule has 0 aromatic heterocycles. The van der Waals surface area contributed by atoms with Gasteiger partial charge in [0, 0.05) is 11.9 Å². The monoisotopic (exact) mass is 335 g/mol. The van der Waals surface area contributed by atoms with Crippen LogP contribution in [0.5, 0.6) is 0 Å². The van der Waals surface area contributed by atoms with Gasteiger partial charge in [-0.15, -0.1) is 0 Å². The van der Waals surface area contributed by atoms with E-state index in [0.717, 1.165) is 12.1 Å². The lowest BCUT2D eigenvalue weighted by atomic mass is 10.1. The first-order chi connectivity index (χ1) is 8.86. The Labute approximate surface area is 115 Å². The van der Waals surface area contributed by atoms with Crippen LogP contribution in [-0.4, -0.2) is 23.6 Å². The normalized spacial score (nSPS) is 15.1. The Kier molecular flexibility index (Phi) is 3.66. The second kappa shape index (κ2) is 4.96. The van der Waals surface area contributed by atoms with Crippen molar-refractivity contribution in [1.29, 1.82) is 0 Å². The van der Waals surface area contributed by atoms with E-state index in [1.165, 1.54) is 11.0 Å². The third-order valence-electron chi connectivity index (χ3n) is 2.81. The molecule has 1 amide bonds. The fraction of sp³-hybridized carbons (Fsp3) is 0.333. The summed E-state index contributed by atoms with van der Waals surface area (Å²) in [7, 11) is 0. The van der Waals surface area contributed by atoms with Crippen molar-refractivity contribution in [2.75, 3.05) is 16.8 Å². The molecule has 3 nitrogen and oxygen atoms in total. The highest BCUT2D eigenvalue weighted by atomic mass is 79.9. The molecular formula is C12H9BrF3NO2. The third kappa shape index (κ3) is 2.51. The quantitative estimate of drug-likeness (QED) is 0.629. The lowest BCUT2D eigenvalue weighted by molar-refractivity contribution is -0.137. The van der Waals surface area contributed by atoms with Gasteiger partial charge in [-0.1, -0.05) is 15.9 Å². The summed E-state index contributed by atoms with van der Waals surface area (Å²) in [6, 6.07) is 2.80. The summed E-state index contributed by atoms with van der Waals surface area (Å²) in [5.74, 6) is -1.65. The van der Waals surface area contributed by atoms with Gasteiger partial charge < -0.3 is 4.90 Å². The van der Waals surface area contributed by atoms with Crippen LogP contribution in [0, 0.1) is 0 Å². The van der Waals surface area contributed by atoms with Crippen molar-refractivity contribution in [3.05, 3.63) is 29.3 Å². The number of halogens is 4. The number of amides is 1. The number of alkyl halides is 4. The van der Waals surface area contributed by atoms with Gasteiger partial charge in [0.1, 0.15) is 0 Å². The van der Waals surface area contributed by atoms with E-state index in [9.17, 15) is 22.8 Å². The maximum absolute atomic E-state index is 12.6. The Bertz CT molecular complexity index is 542. The van der Waals surface area contributed by atoms with Crippen LogP contribution >= 0.6 is 15.9 Å². The van der Waals surface area contributed by atoms with E-state index in [0.29, 0.717) is 18.3 Å². The lowest BCUT2D eigenvalue weighted by Gasteiger charge is -2.16. The summed E-state index contributed by atoms with van der Waals surface area (Å²) in [6.45, 7) is 0.300. The third-order valence-corrected chi connectivity index (χ3v) is 3.37. The number of benzene rings is 1. The van der Waals surface area contributed by atoms with E-state index in [-0.39, 0.29) is 11.3 Å². The molecule has 2 rings (SSSR count). The highest BCUT2D eigenvalue weighted by Gasteiger charge is 2.38. The second-order valence-electron chi connectivity index (χ2n) is 4.06. The van der Waals surface area contributed by atoms with Crippen molar-refractivity contribution in [2.24, 2.45) is 0 Å². The average molecular weight is 336 g/mol. The van der Waals surface area contributed by atoms with Crippen LogP contribution in [0.15, 0.2) is 18.2 Å². The number of Topliss-reactive ketones (excluding diaryl/α,β-unsaturated/α-hetero) is 1. The molecule has 19 heavy (non-hydrogen) atoms. The number of rotatable bonds is 3. The fourth-order valence-corrected chi connectivity index (χ4v) is 2.17. The maximum atomic E-state index is 12.6. The average Bonchev–Trinajstić information content (AvgIpc) is 2.59. The molecule has 1 aliphatic heterocycles. The van der Waals surface area contributed by atoms with Gasteiger partial charge in [-0.2, -0.15) is 13.2 Å². The molecule has 0 bridgehead atoms. The maximum Gasteiger partial charge on any atom is 0.416 e. The molecule has 0 atom stereocenters. The molecule has 1 aromatic carbocycles. The Hall–Kier alpha value is -1.37. The molecule has 102 valence electrons. The van der Waals surface area contributed by atoms with Crippen LogP contribution in [-0.2, 0) is 11.0 Å². The predicted molar refractivity (Wildman–Crippen MR) is 66.5 cm³/mol. The number of carbonyl (C=O) groups is 2. The zero-order chi connectivity index (χ0) is 14.2. The Morgan fingerprint density at radius 3 is 2.47 bits per heavy atom. The molecule has 0 unspecified atom stereocenters. The molecule has 1 aliphatic rings. The van der Waals surface area contributed by atoms with Gasteiger partial charge in [-0.05, 0) is 24.6 Å². The summed E-state index contributed by atoms with van der Waals surface area (Å²) in [4.78, 5) is 24.6. The molecule has 0 fully saturated rings. The first kappa shape index (κ1) is 14.0. The summed E-state index contributed by atoms with van der Waals surface area (Å²) < 4.78 is 37.7. The number of hydrogen-bond donors (Lipinski definition) is 0. The first-order valence-corrected chi connectivity index (χ1v) is 6.62. The molecule has 0 saturated heterocycles. The van der Waals surface area contributed by atoms with E-state index in [4.69, 9.17) is 0 Å². The predicted octanol–water partition coefficient (Wildman–Crippen LogP) is 3.02. The van der Waals surface area contributed by atoms with Gasteiger partial charge in [-0.25, -0.2) is 0 Å². The van der Waals surface area contributed by atoms with Crippen LogP contribution in [0.2, 0.25) is 0 Å². The lowest BCUT2D eigenvalue weighted by Crippen LogP contribution is -2.30. The molecular weight excluding hydrogens is 327 g/mol. The van der Waals surface area contributed by atoms with E-state index in [1.807, 2.05) is 0 Å². The smallest absolute Gasteiger partial charge is 0.305 e. The molecule has 0 radical (unpaired) electrons. The minimum Gasteiger partial charge on any atom is -0.305 e. The first-order valence-electron chi connectivity index (χ1n) is 5.49. The van der Waals surface area contributed by atoms with Gasteiger partial charge in [0.05, 0.1) is 16.8 Å². The van der Waals surface area contributed by atoms with Crippen molar-refractivity contribution in [3.8, 4) is 0 Å². The molecule has 7 heteroatoms. The molecule has 1 aromatic rings. The Morgan fingerprint density at radius 1 is 1.21 bits per heavy atom. The van der Waals surface area contributed by atoms with E-state index in [1.54, 1.807) is 0 Å². The number of fused-ring (bicyclic) bond motifs is 1. The largest absolute Gasteiger partial charge is 0.416 e. The minimum absolute atomic E-state index is 0.172. The van der Waals surface area contributed by atoms with Gasteiger partial charge in [0.25, 0.3) is 11.7 Å². The molecule has 1 heterocycles. The van der Waals surface area contributed by atoms with Crippen LogP contribution < -0.4 is 4.90 Å². The van der Waals surface area contributed by atoms with Gasteiger partial charge in [-0.3, -0.25) is 9.59 Å². The molecule has 0 spiro atoms. The van der Waals surface area contributed by atoms with Crippen molar-refractivity contribution in [1.82, 2.24) is 0 Å². The summed E-state index contributed by atoms with van der Waals surface area (Å²) >= 11 is 3.20. The van der Waals surface area contributed by atoms with Gasteiger partial charge >= 0.3 is 6.18 Å². The highest BCUT2D eigenvalue weighted by molar-refractivity contribution is 9.09. The van der Waals surface area contributed by atoms with Crippen molar-refractivity contribution in [2.45, 2.75) is 12.6 Å². The van der Waals surface area contributed by atoms with Crippen molar-refractivity contribution < 1.29 is 22.8 Å². The summed E-state index contributed by atoms with van der Waals surface area (Å²) in [5, 5.41) is 0.640. The summed E-state index contributed by atoms with van der Waals surface area (Å²) in [5.41, 5.74) is -0.840. The molecule has 0 saturated carbocycles. The van der Waals surface area contributed by atoms with Crippen LogP contribution in [0.1, 0.15) is 22.3 Å². The van der Waals surface area contributed by atoms with Gasteiger partial charge in [0.2, 0.25) is 0 Å². The van der Waals surface area contributed by atoms with E-state index in [2.05, 4.69) is 15.9 Å². The van der Waals surface area contributed by atoms with Crippen LogP contribution in [0.3, 0.4) is 0 Å². The SMILES string of the molecule is O=C1C(=O)N(CCCBr)c2ccc(C(F)(F)F)cc21. The summed E-state index contributed by atoms with van der Waals surface area (Å²) in [6.07, 6.45) is -3.92. The number of hydrogen-bond acceptors (Lipinski definition) is 2. The zero-order valence-electron chi connectivity index (χ0n) is 9.63. The number of ketones is 1. The highest BCUT2D eigenvalue weighted by Crippen LogP contribution is 2.36. The zero-order valence-corrected chi connectivity index (χ0v) is 11.2. The van der Waals surface area contributed by atoms with Gasteiger partial charge in [0.15, 0.2) is 0 Å². The topological polar surface area (TPSA) is 37.4 Å². The molecule has 0 N–H and O–H groups in total. The second-order valence-corrected chi connectivity index (χ2v) is 4.85. The number of anilines is 1. The van der Waals surface area contributed by atoms with E-state index < -0.39 is 23.4 Å². The number of carbonyl (C=O) groups excluding carboxylic acids is 2. The van der Waals surface area contributed by atoms with E-state index >= 15 is 0 Å². The van der Waals surface area contributed by atoms with Crippen LogP contribution in [0.4, 0.5) is 18.9 Å². The van der Waals surface area contributed by atoms with Crippen molar-refractivity contribution in [3.63, 3.8) is 0 Å². The fourth-order valence-electron chi connectivity index (χ4n) is 1.92.